The molecule has 0 aliphatic carbocycles. The number of benzene rings is 4. The second kappa shape index (κ2) is 9.08. The number of aromatic nitrogens is 1. The fourth-order valence-corrected chi connectivity index (χ4v) is 14.4. The normalized spacial score (nSPS) is 13.1. The van der Waals surface area contributed by atoms with E-state index >= 15 is 0 Å². The number of aryl methyl sites for hydroxylation is 2. The maximum absolute atomic E-state index is 14.0. The van der Waals surface area contributed by atoms with Crippen LogP contribution in [-0.4, -0.2) is 13.3 Å². The van der Waals surface area contributed by atoms with Crippen LogP contribution in [-0.2, 0) is 7.05 Å². The summed E-state index contributed by atoms with van der Waals surface area (Å²) in [6.45, 7) is 2.14. The topological polar surface area (TPSA) is 27.7 Å². The molecular formula is C34H28FGeN2+. The molecule has 0 bridgehead atoms. The molecule has 184 valence electrons. The zero-order chi connectivity index (χ0) is 26.6. The molecule has 0 saturated carbocycles. The Hall–Kier alpha value is -4.01. The standard InChI is InChI=1S/C34H28FGeN2/c1-22-10-17-28-29-18-15-26(20-37)32(25-13-11-24(12-14-25)23-8-6-5-7-9-23)34(29)36(2,3)33(28)31(22)30-19-16-27(35)21-38(30)4/h5-19,21H,1-4H3/q+1. The van der Waals surface area contributed by atoms with Gasteiger partial charge in [0, 0.05) is 0 Å². The number of halogens is 1. The van der Waals surface area contributed by atoms with Crippen molar-refractivity contribution in [3.63, 3.8) is 0 Å². The Morgan fingerprint density at radius 3 is 1.97 bits per heavy atom. The Morgan fingerprint density at radius 1 is 0.711 bits per heavy atom. The predicted molar refractivity (Wildman–Crippen MR) is 156 cm³/mol. The van der Waals surface area contributed by atoms with Crippen LogP contribution in [0, 0.1) is 24.1 Å². The van der Waals surface area contributed by atoms with E-state index in [2.05, 4.69) is 91.2 Å². The summed E-state index contributed by atoms with van der Waals surface area (Å²) in [7, 11) is 1.91. The Morgan fingerprint density at radius 2 is 1.32 bits per heavy atom. The Balaban J connectivity index is 1.59. The SMILES string of the molecule is Cc1ccc2[c](c1-c1ccc(F)c[n+]1C)[Ge]([CH3])([CH3])[c]1c-2ccc(C#N)c1-c1ccc(-c2ccccc2)cc1. The molecule has 0 radical (unpaired) electrons. The molecule has 1 aliphatic rings. The van der Waals surface area contributed by atoms with Crippen LogP contribution < -0.4 is 13.4 Å². The van der Waals surface area contributed by atoms with Crippen LogP contribution in [0.3, 0.4) is 0 Å². The van der Waals surface area contributed by atoms with Crippen molar-refractivity contribution in [3.05, 3.63) is 114 Å². The van der Waals surface area contributed by atoms with Crippen molar-refractivity contribution in [1.29, 1.82) is 5.26 Å². The third-order valence-electron chi connectivity index (χ3n) is 7.91. The van der Waals surface area contributed by atoms with Crippen LogP contribution in [0.4, 0.5) is 4.39 Å². The van der Waals surface area contributed by atoms with E-state index in [1.54, 1.807) is 12.3 Å². The molecule has 0 amide bonds. The van der Waals surface area contributed by atoms with E-state index in [9.17, 15) is 9.65 Å². The van der Waals surface area contributed by atoms with E-state index in [1.807, 2.05) is 29.8 Å². The molecule has 5 aromatic rings. The molecule has 4 heteroatoms. The summed E-state index contributed by atoms with van der Waals surface area (Å²) in [6, 6.07) is 33.4. The average molecular weight is 556 g/mol. The second-order valence-corrected chi connectivity index (χ2v) is 19.5. The number of rotatable bonds is 3. The molecule has 2 heterocycles. The van der Waals surface area contributed by atoms with Gasteiger partial charge in [-0.1, -0.05) is 0 Å². The summed E-state index contributed by atoms with van der Waals surface area (Å²) in [5.41, 5.74) is 11.1. The van der Waals surface area contributed by atoms with Crippen LogP contribution in [0.5, 0.6) is 0 Å². The van der Waals surface area contributed by atoms with Gasteiger partial charge in [-0.05, 0) is 0 Å². The molecule has 0 spiro atoms. The van der Waals surface area contributed by atoms with Gasteiger partial charge in [0.15, 0.2) is 0 Å². The van der Waals surface area contributed by atoms with Gasteiger partial charge in [-0.15, -0.1) is 0 Å². The van der Waals surface area contributed by atoms with Crippen molar-refractivity contribution in [2.45, 2.75) is 18.4 Å². The van der Waals surface area contributed by atoms with Crippen molar-refractivity contribution < 1.29 is 8.96 Å². The van der Waals surface area contributed by atoms with Crippen molar-refractivity contribution >= 4 is 22.1 Å². The Bertz CT molecular complexity index is 1760. The first kappa shape index (κ1) is 24.3. The van der Waals surface area contributed by atoms with Crippen molar-refractivity contribution in [1.82, 2.24) is 0 Å². The van der Waals surface area contributed by atoms with E-state index < -0.39 is 13.3 Å². The van der Waals surface area contributed by atoms with Gasteiger partial charge in [0.25, 0.3) is 0 Å². The number of fused-ring (bicyclic) bond motifs is 3. The van der Waals surface area contributed by atoms with E-state index in [0.29, 0.717) is 5.56 Å². The fraction of sp³-hybridized carbons (Fsp3) is 0.118. The van der Waals surface area contributed by atoms with Gasteiger partial charge in [-0.3, -0.25) is 0 Å². The molecule has 0 unspecified atom stereocenters. The maximum atomic E-state index is 14.0. The summed E-state index contributed by atoms with van der Waals surface area (Å²) in [6.07, 6.45) is 1.55. The monoisotopic (exact) mass is 557 g/mol. The third kappa shape index (κ3) is 3.71. The summed E-state index contributed by atoms with van der Waals surface area (Å²) < 4.78 is 18.7. The van der Waals surface area contributed by atoms with Gasteiger partial charge < -0.3 is 0 Å². The molecule has 6 rings (SSSR count). The van der Waals surface area contributed by atoms with E-state index in [0.717, 1.165) is 22.4 Å². The molecule has 0 N–H and O–H groups in total. The van der Waals surface area contributed by atoms with Crippen molar-refractivity contribution in [2.24, 2.45) is 7.05 Å². The number of nitrogens with zero attached hydrogens (tertiary/aromatic N) is 2. The van der Waals surface area contributed by atoms with Gasteiger partial charge >= 0.3 is 227 Å². The quantitative estimate of drug-likeness (QED) is 0.181. The number of hydrogen-bond donors (Lipinski definition) is 0. The minimum absolute atomic E-state index is 0.245. The number of nitriles is 1. The minimum atomic E-state index is -2.95. The summed E-state index contributed by atoms with van der Waals surface area (Å²) in [5.74, 6) is 4.62. The third-order valence-corrected chi connectivity index (χ3v) is 15.3. The van der Waals surface area contributed by atoms with Gasteiger partial charge in [-0.25, -0.2) is 0 Å². The van der Waals surface area contributed by atoms with Gasteiger partial charge in [0.1, 0.15) is 0 Å². The van der Waals surface area contributed by atoms with Gasteiger partial charge in [0.2, 0.25) is 0 Å². The Labute approximate surface area is 226 Å². The first-order valence-electron chi connectivity index (χ1n) is 12.8. The van der Waals surface area contributed by atoms with Crippen LogP contribution in [0.15, 0.2) is 97.2 Å². The predicted octanol–water partition coefficient (Wildman–Crippen LogP) is 6.63. The first-order chi connectivity index (χ1) is 18.3. The van der Waals surface area contributed by atoms with Crippen LogP contribution in [0.2, 0.25) is 11.5 Å². The Kier molecular flexibility index (Phi) is 5.81. The van der Waals surface area contributed by atoms with E-state index in [-0.39, 0.29) is 5.82 Å². The molecule has 0 fully saturated rings. The van der Waals surface area contributed by atoms with Gasteiger partial charge in [0.05, 0.1) is 0 Å². The zero-order valence-corrected chi connectivity index (χ0v) is 24.1. The van der Waals surface area contributed by atoms with Crippen LogP contribution in [0.1, 0.15) is 11.1 Å². The summed E-state index contributed by atoms with van der Waals surface area (Å²) >= 11 is -2.95. The van der Waals surface area contributed by atoms with Crippen LogP contribution in [0.25, 0.3) is 44.6 Å². The molecule has 4 aromatic carbocycles. The molecule has 1 aromatic heterocycles. The van der Waals surface area contributed by atoms with Crippen LogP contribution >= 0.6 is 0 Å². The van der Waals surface area contributed by atoms with E-state index in [1.165, 1.54) is 36.6 Å². The van der Waals surface area contributed by atoms with E-state index in [4.69, 9.17) is 0 Å². The molecule has 0 saturated heterocycles. The summed E-state index contributed by atoms with van der Waals surface area (Å²) in [5, 5.41) is 10.2. The molecule has 0 atom stereocenters. The average Bonchev–Trinajstić information content (AvgIpc) is 3.16. The van der Waals surface area contributed by atoms with Gasteiger partial charge in [-0.2, -0.15) is 0 Å². The molecule has 2 nitrogen and oxygen atoms in total. The number of pyridine rings is 1. The molecular weight excluding hydrogens is 528 g/mol. The molecule has 1 aliphatic heterocycles. The molecule has 38 heavy (non-hydrogen) atoms. The van der Waals surface area contributed by atoms with Crippen molar-refractivity contribution in [3.8, 4) is 50.7 Å². The fourth-order valence-electron chi connectivity index (χ4n) is 6.20. The zero-order valence-electron chi connectivity index (χ0n) is 22.0. The van der Waals surface area contributed by atoms with Crippen molar-refractivity contribution in [2.75, 3.05) is 0 Å². The number of hydrogen-bond acceptors (Lipinski definition) is 1. The first-order valence-corrected chi connectivity index (χ1v) is 19.1. The second-order valence-electron chi connectivity index (χ2n) is 10.6. The summed E-state index contributed by atoms with van der Waals surface area (Å²) in [4.78, 5) is 0.